The quantitative estimate of drug-likeness (QED) is 0.841. The normalized spacial score (nSPS) is 14.5. The number of carbonyl (C=O) groups excluding carboxylic acids is 1. The van der Waals surface area contributed by atoms with Gasteiger partial charge >= 0.3 is 6.03 Å². The minimum atomic E-state index is 0.0232. The Labute approximate surface area is 114 Å². The lowest BCUT2D eigenvalue weighted by atomic mass is 10.3. The van der Waals surface area contributed by atoms with Crippen LogP contribution in [0.15, 0.2) is 24.4 Å². The average molecular weight is 262 g/mol. The molecule has 0 unspecified atom stereocenters. The van der Waals surface area contributed by atoms with Gasteiger partial charge in [0, 0.05) is 25.3 Å². The van der Waals surface area contributed by atoms with Gasteiger partial charge in [-0.15, -0.1) is 0 Å². The van der Waals surface area contributed by atoms with Crippen LogP contribution in [0.25, 0.3) is 0 Å². The third-order valence-electron chi connectivity index (χ3n) is 3.09. The number of likely N-dealkylation sites (N-methyl/N-ethyl adjacent to an activating group) is 1. The number of nitrogens with zero attached hydrogens (tertiary/aromatic N) is 3. The van der Waals surface area contributed by atoms with Crippen molar-refractivity contribution in [1.82, 2.24) is 20.1 Å². The first-order valence-electron chi connectivity index (χ1n) is 6.75. The largest absolute Gasteiger partial charge is 0.335 e. The summed E-state index contributed by atoms with van der Waals surface area (Å²) in [5, 5.41) is 3.04. The minimum Gasteiger partial charge on any atom is -0.335 e. The molecule has 0 atom stereocenters. The number of rotatable bonds is 6. The lowest BCUT2D eigenvalue weighted by Crippen LogP contribution is -2.43. The van der Waals surface area contributed by atoms with Crippen molar-refractivity contribution in [3.05, 3.63) is 30.1 Å². The molecular weight excluding hydrogens is 240 g/mol. The number of hydrogen-bond donors (Lipinski definition) is 1. The zero-order valence-electron chi connectivity index (χ0n) is 11.7. The van der Waals surface area contributed by atoms with Gasteiger partial charge in [0.15, 0.2) is 0 Å². The maximum absolute atomic E-state index is 12.2. The molecule has 0 spiro atoms. The molecule has 0 radical (unpaired) electrons. The second kappa shape index (κ2) is 6.52. The van der Waals surface area contributed by atoms with Crippen LogP contribution in [0.3, 0.4) is 0 Å². The summed E-state index contributed by atoms with van der Waals surface area (Å²) in [4.78, 5) is 20.4. The fraction of sp³-hybridized carbons (Fsp3) is 0.571. The van der Waals surface area contributed by atoms with Crippen molar-refractivity contribution in [2.75, 3.05) is 27.2 Å². The van der Waals surface area contributed by atoms with E-state index in [2.05, 4.69) is 15.2 Å². The third-order valence-corrected chi connectivity index (χ3v) is 3.09. The van der Waals surface area contributed by atoms with E-state index in [0.717, 1.165) is 25.1 Å². The predicted octanol–water partition coefficient (Wildman–Crippen LogP) is 1.32. The molecule has 1 aliphatic rings. The molecule has 5 heteroatoms. The summed E-state index contributed by atoms with van der Waals surface area (Å²) in [6.45, 7) is 2.13. The molecule has 2 rings (SSSR count). The lowest BCUT2D eigenvalue weighted by Gasteiger charge is -2.24. The predicted molar refractivity (Wildman–Crippen MR) is 74.8 cm³/mol. The zero-order chi connectivity index (χ0) is 13.7. The Bertz CT molecular complexity index is 403. The summed E-state index contributed by atoms with van der Waals surface area (Å²) >= 11 is 0. The summed E-state index contributed by atoms with van der Waals surface area (Å²) < 4.78 is 0. The molecule has 1 saturated carbocycles. The average Bonchev–Trinajstić information content (AvgIpc) is 3.19. The molecule has 1 fully saturated rings. The number of pyridine rings is 1. The molecule has 1 heterocycles. The Hall–Kier alpha value is -1.62. The van der Waals surface area contributed by atoms with E-state index in [-0.39, 0.29) is 6.03 Å². The highest BCUT2D eigenvalue weighted by Crippen LogP contribution is 2.19. The summed E-state index contributed by atoms with van der Waals surface area (Å²) in [6.07, 6.45) is 3.98. The maximum Gasteiger partial charge on any atom is 0.318 e. The number of aromatic nitrogens is 1. The molecule has 2 amide bonds. The van der Waals surface area contributed by atoms with Crippen molar-refractivity contribution in [2.45, 2.75) is 25.4 Å². The van der Waals surface area contributed by atoms with Crippen LogP contribution in [0, 0.1) is 0 Å². The summed E-state index contributed by atoms with van der Waals surface area (Å²) in [6, 6.07) is 6.20. The van der Waals surface area contributed by atoms with Crippen LogP contribution in [-0.2, 0) is 6.54 Å². The Kier molecular flexibility index (Phi) is 4.74. The second-order valence-corrected chi connectivity index (χ2v) is 5.27. The van der Waals surface area contributed by atoms with E-state index in [1.165, 1.54) is 0 Å². The van der Waals surface area contributed by atoms with Gasteiger partial charge in [0.05, 0.1) is 12.2 Å². The number of amides is 2. The van der Waals surface area contributed by atoms with Crippen molar-refractivity contribution in [3.8, 4) is 0 Å². The molecule has 1 aromatic heterocycles. The van der Waals surface area contributed by atoms with E-state index in [1.807, 2.05) is 37.2 Å². The van der Waals surface area contributed by atoms with E-state index in [0.29, 0.717) is 19.1 Å². The van der Waals surface area contributed by atoms with E-state index in [1.54, 1.807) is 6.20 Å². The Morgan fingerprint density at radius 2 is 2.16 bits per heavy atom. The Balaban J connectivity index is 1.93. The first kappa shape index (κ1) is 13.8. The highest BCUT2D eigenvalue weighted by atomic mass is 16.2. The molecule has 0 aromatic carbocycles. The van der Waals surface area contributed by atoms with Crippen molar-refractivity contribution in [3.63, 3.8) is 0 Å². The van der Waals surface area contributed by atoms with Crippen LogP contribution >= 0.6 is 0 Å². The van der Waals surface area contributed by atoms with Crippen molar-refractivity contribution < 1.29 is 4.79 Å². The van der Waals surface area contributed by atoms with E-state index in [9.17, 15) is 4.79 Å². The zero-order valence-corrected chi connectivity index (χ0v) is 11.7. The number of carbonyl (C=O) groups is 1. The molecule has 1 N–H and O–H groups in total. The highest BCUT2D eigenvalue weighted by molar-refractivity contribution is 5.74. The Morgan fingerprint density at radius 3 is 2.74 bits per heavy atom. The fourth-order valence-electron chi connectivity index (χ4n) is 1.75. The molecule has 104 valence electrons. The summed E-state index contributed by atoms with van der Waals surface area (Å²) in [5.74, 6) is 0. The molecular formula is C14H22N4O. The van der Waals surface area contributed by atoms with Gasteiger partial charge in [-0.1, -0.05) is 6.07 Å². The number of urea groups is 1. The van der Waals surface area contributed by atoms with Gasteiger partial charge in [-0.3, -0.25) is 4.98 Å². The van der Waals surface area contributed by atoms with E-state index < -0.39 is 0 Å². The van der Waals surface area contributed by atoms with Gasteiger partial charge in [-0.2, -0.15) is 0 Å². The molecule has 0 saturated heterocycles. The molecule has 5 nitrogen and oxygen atoms in total. The smallest absolute Gasteiger partial charge is 0.318 e. The van der Waals surface area contributed by atoms with Crippen LogP contribution in [0.2, 0.25) is 0 Å². The number of nitrogens with one attached hydrogen (secondary N) is 1. The second-order valence-electron chi connectivity index (χ2n) is 5.27. The van der Waals surface area contributed by atoms with Crippen LogP contribution in [0.5, 0.6) is 0 Å². The monoisotopic (exact) mass is 262 g/mol. The minimum absolute atomic E-state index is 0.0232. The SMILES string of the molecule is CN(C)CCN(Cc1ccccn1)C(=O)NC1CC1. The Morgan fingerprint density at radius 1 is 1.37 bits per heavy atom. The van der Waals surface area contributed by atoms with Gasteiger partial charge in [-0.05, 0) is 39.1 Å². The van der Waals surface area contributed by atoms with Crippen molar-refractivity contribution >= 4 is 6.03 Å². The van der Waals surface area contributed by atoms with Crippen LogP contribution in [-0.4, -0.2) is 54.0 Å². The first-order valence-corrected chi connectivity index (χ1v) is 6.75. The summed E-state index contributed by atoms with van der Waals surface area (Å²) in [5.41, 5.74) is 0.923. The molecule has 0 bridgehead atoms. The summed E-state index contributed by atoms with van der Waals surface area (Å²) in [7, 11) is 4.02. The number of hydrogen-bond acceptors (Lipinski definition) is 3. The third kappa shape index (κ3) is 4.87. The van der Waals surface area contributed by atoms with E-state index in [4.69, 9.17) is 0 Å². The topological polar surface area (TPSA) is 48.5 Å². The van der Waals surface area contributed by atoms with Gasteiger partial charge in [0.2, 0.25) is 0 Å². The molecule has 1 aliphatic carbocycles. The molecule has 1 aromatic rings. The first-order chi connectivity index (χ1) is 9.15. The fourth-order valence-corrected chi connectivity index (χ4v) is 1.75. The molecule has 19 heavy (non-hydrogen) atoms. The lowest BCUT2D eigenvalue weighted by molar-refractivity contribution is 0.187. The van der Waals surface area contributed by atoms with Crippen LogP contribution < -0.4 is 5.32 Å². The van der Waals surface area contributed by atoms with Crippen molar-refractivity contribution in [1.29, 1.82) is 0 Å². The van der Waals surface area contributed by atoms with E-state index >= 15 is 0 Å². The van der Waals surface area contributed by atoms with Gasteiger partial charge in [0.1, 0.15) is 0 Å². The van der Waals surface area contributed by atoms with Gasteiger partial charge in [0.25, 0.3) is 0 Å². The van der Waals surface area contributed by atoms with Crippen molar-refractivity contribution in [2.24, 2.45) is 0 Å². The standard InChI is InChI=1S/C14H22N4O/c1-17(2)9-10-18(14(19)16-12-6-7-12)11-13-5-3-4-8-15-13/h3-5,8,12H,6-7,9-11H2,1-2H3,(H,16,19). The van der Waals surface area contributed by atoms with Gasteiger partial charge in [-0.25, -0.2) is 4.79 Å². The van der Waals surface area contributed by atoms with Crippen LogP contribution in [0.1, 0.15) is 18.5 Å². The highest BCUT2D eigenvalue weighted by Gasteiger charge is 2.26. The molecule has 0 aliphatic heterocycles. The maximum atomic E-state index is 12.2. The van der Waals surface area contributed by atoms with Gasteiger partial charge < -0.3 is 15.1 Å². The van der Waals surface area contributed by atoms with Crippen LogP contribution in [0.4, 0.5) is 4.79 Å².